The lowest BCUT2D eigenvalue weighted by atomic mass is 10.2. The van der Waals surface area contributed by atoms with E-state index in [0.29, 0.717) is 24.2 Å². The third-order valence-corrected chi connectivity index (χ3v) is 5.27. The molecule has 35 heavy (non-hydrogen) atoms. The molecule has 1 unspecified atom stereocenters. The number of hydrogen-bond acceptors (Lipinski definition) is 6. The fourth-order valence-corrected chi connectivity index (χ4v) is 3.40. The van der Waals surface area contributed by atoms with Crippen molar-refractivity contribution >= 4 is 35.5 Å². The number of carbonyl (C=O) groups excluding carboxylic acids is 3. The monoisotopic (exact) mass is 482 g/mol. The van der Waals surface area contributed by atoms with Crippen molar-refractivity contribution < 1.29 is 29.0 Å². The molecule has 1 aliphatic heterocycles. The standard InChI is InChI=1S/C23H26N6O6/c24-19(25)15-6-8-16(9-7-15)29-11-10-17(20(29)30)27-22(33)26-12-18(21(31)32)28-23(34)35-13-14-4-2-1-3-5-14/h1-9,17-18H,10-13H2,(H3,24,25)(H,28,34)(H,31,32)(H2,26,27,33)/t17?,18-/m0/s1. The molecule has 4 amide bonds. The van der Waals surface area contributed by atoms with Crippen molar-refractivity contribution in [1.29, 1.82) is 5.41 Å². The lowest BCUT2D eigenvalue weighted by Gasteiger charge is -2.19. The lowest BCUT2D eigenvalue weighted by molar-refractivity contribution is -0.139. The van der Waals surface area contributed by atoms with Gasteiger partial charge in [0, 0.05) is 17.8 Å². The smallest absolute Gasteiger partial charge is 0.408 e. The maximum atomic E-state index is 12.7. The highest BCUT2D eigenvalue weighted by Crippen LogP contribution is 2.22. The Kier molecular flexibility index (Phi) is 8.22. The number of alkyl carbamates (subject to hydrolysis) is 1. The van der Waals surface area contributed by atoms with Crippen molar-refractivity contribution in [2.24, 2.45) is 5.73 Å². The highest BCUT2D eigenvalue weighted by Gasteiger charge is 2.34. The Bertz CT molecular complexity index is 1090. The maximum absolute atomic E-state index is 12.7. The minimum atomic E-state index is -1.43. The van der Waals surface area contributed by atoms with Gasteiger partial charge in [0.25, 0.3) is 0 Å². The van der Waals surface area contributed by atoms with Crippen molar-refractivity contribution in [3.05, 3.63) is 65.7 Å². The number of rotatable bonds is 9. The zero-order chi connectivity index (χ0) is 25.4. The van der Waals surface area contributed by atoms with E-state index in [-0.39, 0.29) is 18.3 Å². The second-order valence-electron chi connectivity index (χ2n) is 7.74. The first-order valence-electron chi connectivity index (χ1n) is 10.7. The summed E-state index contributed by atoms with van der Waals surface area (Å²) < 4.78 is 5.00. The summed E-state index contributed by atoms with van der Waals surface area (Å²) in [6.45, 7) is -0.0841. The molecular weight excluding hydrogens is 456 g/mol. The predicted octanol–water partition coefficient (Wildman–Crippen LogP) is 0.755. The number of urea groups is 1. The summed E-state index contributed by atoms with van der Waals surface area (Å²) in [4.78, 5) is 49.8. The zero-order valence-corrected chi connectivity index (χ0v) is 18.7. The average molecular weight is 482 g/mol. The molecule has 0 aliphatic carbocycles. The summed E-state index contributed by atoms with van der Waals surface area (Å²) in [5.41, 5.74) is 7.30. The SMILES string of the molecule is N=C(N)c1ccc(N2CCC(NC(=O)NC[C@H](NC(=O)OCc3ccccc3)C(=O)O)C2=O)cc1. The van der Waals surface area contributed by atoms with Crippen LogP contribution < -0.4 is 26.6 Å². The van der Waals surface area contributed by atoms with Gasteiger partial charge in [-0.1, -0.05) is 30.3 Å². The number of benzene rings is 2. The first kappa shape index (κ1) is 25.0. The van der Waals surface area contributed by atoms with Crippen LogP contribution in [0.3, 0.4) is 0 Å². The van der Waals surface area contributed by atoms with Crippen LogP contribution in [0, 0.1) is 5.41 Å². The molecule has 0 aromatic heterocycles. The van der Waals surface area contributed by atoms with E-state index < -0.39 is 36.7 Å². The summed E-state index contributed by atoms with van der Waals surface area (Å²) in [5.74, 6) is -1.77. The molecule has 0 saturated carbocycles. The number of anilines is 1. The van der Waals surface area contributed by atoms with Gasteiger partial charge >= 0.3 is 18.1 Å². The normalized spacial score (nSPS) is 15.7. The Morgan fingerprint density at radius 3 is 2.46 bits per heavy atom. The van der Waals surface area contributed by atoms with Gasteiger partial charge < -0.3 is 36.4 Å². The van der Waals surface area contributed by atoms with Crippen molar-refractivity contribution in [3.8, 4) is 0 Å². The molecule has 1 saturated heterocycles. The maximum Gasteiger partial charge on any atom is 0.408 e. The van der Waals surface area contributed by atoms with Gasteiger partial charge in [-0.3, -0.25) is 10.2 Å². The Morgan fingerprint density at radius 2 is 1.83 bits per heavy atom. The van der Waals surface area contributed by atoms with E-state index in [9.17, 15) is 24.3 Å². The van der Waals surface area contributed by atoms with E-state index in [1.807, 2.05) is 6.07 Å². The first-order valence-corrected chi connectivity index (χ1v) is 10.7. The van der Waals surface area contributed by atoms with Gasteiger partial charge in [0.05, 0.1) is 6.54 Å². The van der Waals surface area contributed by atoms with Crippen LogP contribution in [-0.2, 0) is 20.9 Å². The highest BCUT2D eigenvalue weighted by molar-refractivity contribution is 6.02. The van der Waals surface area contributed by atoms with Crippen LogP contribution in [0.25, 0.3) is 0 Å². The van der Waals surface area contributed by atoms with Crippen molar-refractivity contribution in [2.45, 2.75) is 25.1 Å². The molecule has 1 aliphatic rings. The van der Waals surface area contributed by atoms with Gasteiger partial charge in [-0.05, 0) is 36.2 Å². The van der Waals surface area contributed by atoms with Gasteiger partial charge in [0.2, 0.25) is 5.91 Å². The number of ether oxygens (including phenoxy) is 1. The Labute approximate surface area is 200 Å². The van der Waals surface area contributed by atoms with Gasteiger partial charge in [-0.15, -0.1) is 0 Å². The van der Waals surface area contributed by atoms with E-state index in [4.69, 9.17) is 15.9 Å². The number of nitrogens with one attached hydrogen (secondary N) is 4. The third-order valence-electron chi connectivity index (χ3n) is 5.27. The number of carbonyl (C=O) groups is 4. The number of hydrogen-bond donors (Lipinski definition) is 6. The third kappa shape index (κ3) is 6.93. The number of nitrogens with two attached hydrogens (primary N) is 1. The summed E-state index contributed by atoms with van der Waals surface area (Å²) in [5, 5.41) is 23.8. The number of carboxylic acid groups (broad SMARTS) is 1. The summed E-state index contributed by atoms with van der Waals surface area (Å²) >= 11 is 0. The largest absolute Gasteiger partial charge is 0.480 e. The average Bonchev–Trinajstić information content (AvgIpc) is 3.20. The van der Waals surface area contributed by atoms with E-state index in [1.54, 1.807) is 48.5 Å². The van der Waals surface area contributed by atoms with E-state index >= 15 is 0 Å². The number of amides is 4. The van der Waals surface area contributed by atoms with Crippen LogP contribution >= 0.6 is 0 Å². The molecule has 184 valence electrons. The second kappa shape index (κ2) is 11.5. The number of nitrogens with zero attached hydrogens (tertiary/aromatic N) is 1. The fraction of sp³-hybridized carbons (Fsp3) is 0.261. The molecule has 7 N–H and O–H groups in total. The molecule has 1 heterocycles. The van der Waals surface area contributed by atoms with Gasteiger partial charge in [-0.25, -0.2) is 14.4 Å². The summed E-state index contributed by atoms with van der Waals surface area (Å²) in [6.07, 6.45) is -0.589. The molecule has 12 nitrogen and oxygen atoms in total. The molecule has 0 spiro atoms. The summed E-state index contributed by atoms with van der Waals surface area (Å²) in [6, 6.07) is 12.5. The van der Waals surface area contributed by atoms with E-state index in [0.717, 1.165) is 5.56 Å². The summed E-state index contributed by atoms with van der Waals surface area (Å²) in [7, 11) is 0. The van der Waals surface area contributed by atoms with Gasteiger partial charge in [0.15, 0.2) is 0 Å². The Hall–Kier alpha value is -4.61. The van der Waals surface area contributed by atoms with Crippen LogP contribution in [0.1, 0.15) is 17.5 Å². The van der Waals surface area contributed by atoms with Crippen LogP contribution in [0.2, 0.25) is 0 Å². The highest BCUT2D eigenvalue weighted by atomic mass is 16.5. The van der Waals surface area contributed by atoms with E-state index in [1.165, 1.54) is 4.90 Å². The van der Waals surface area contributed by atoms with Crippen molar-refractivity contribution in [1.82, 2.24) is 16.0 Å². The van der Waals surface area contributed by atoms with Crippen LogP contribution in [0.4, 0.5) is 15.3 Å². The van der Waals surface area contributed by atoms with E-state index in [2.05, 4.69) is 16.0 Å². The van der Waals surface area contributed by atoms with Gasteiger partial charge in [-0.2, -0.15) is 0 Å². The Morgan fingerprint density at radius 1 is 1.14 bits per heavy atom. The van der Waals surface area contributed by atoms with Gasteiger partial charge in [0.1, 0.15) is 24.5 Å². The quantitative estimate of drug-likeness (QED) is 0.225. The topological polar surface area (TPSA) is 187 Å². The molecule has 12 heteroatoms. The molecule has 3 rings (SSSR count). The zero-order valence-electron chi connectivity index (χ0n) is 18.7. The van der Waals surface area contributed by atoms with Crippen molar-refractivity contribution in [3.63, 3.8) is 0 Å². The predicted molar refractivity (Wildman–Crippen MR) is 126 cm³/mol. The van der Waals surface area contributed by atoms with Crippen LogP contribution in [0.5, 0.6) is 0 Å². The molecule has 2 atom stereocenters. The molecule has 0 bridgehead atoms. The van der Waals surface area contributed by atoms with Crippen LogP contribution in [-0.4, -0.2) is 60.1 Å². The number of carboxylic acids is 1. The molecule has 1 fully saturated rings. The fourth-order valence-electron chi connectivity index (χ4n) is 3.40. The molecule has 2 aromatic carbocycles. The Balaban J connectivity index is 1.46. The molecular formula is C23H26N6O6. The number of nitrogen functional groups attached to an aromatic ring is 1. The van der Waals surface area contributed by atoms with Crippen LogP contribution in [0.15, 0.2) is 54.6 Å². The number of aliphatic carboxylic acids is 1. The lowest BCUT2D eigenvalue weighted by Crippen LogP contribution is -2.52. The minimum Gasteiger partial charge on any atom is -0.480 e. The molecule has 2 aromatic rings. The first-order chi connectivity index (χ1) is 16.7. The minimum absolute atomic E-state index is 0.0370. The number of amidine groups is 1. The second-order valence-corrected chi connectivity index (χ2v) is 7.74. The van der Waals surface area contributed by atoms with Crippen molar-refractivity contribution in [2.75, 3.05) is 18.0 Å². The molecule has 0 radical (unpaired) electrons.